The van der Waals surface area contributed by atoms with Crippen LogP contribution in [0.2, 0.25) is 0 Å². The first-order valence-electron chi connectivity index (χ1n) is 33.1. The normalized spacial score (nSPS) is 12.6. The first-order valence-corrected chi connectivity index (χ1v) is 33.1. The van der Waals surface area contributed by atoms with Crippen LogP contribution in [0.5, 0.6) is 0 Å². The highest BCUT2D eigenvalue weighted by Gasteiger charge is 2.19. The van der Waals surface area contributed by atoms with E-state index in [1.165, 1.54) is 180 Å². The molecule has 0 amide bonds. The van der Waals surface area contributed by atoms with Gasteiger partial charge in [0.15, 0.2) is 6.10 Å². The number of allylic oxidation sites excluding steroid dienone is 14. The summed E-state index contributed by atoms with van der Waals surface area (Å²) in [4.78, 5) is 38.4. The predicted molar refractivity (Wildman–Crippen MR) is 334 cm³/mol. The molecule has 0 rings (SSSR count). The fraction of sp³-hybridized carbons (Fsp3) is 0.761. The van der Waals surface area contributed by atoms with Crippen molar-refractivity contribution in [3.05, 3.63) is 85.1 Å². The van der Waals surface area contributed by atoms with Gasteiger partial charge in [0.2, 0.25) is 0 Å². The van der Waals surface area contributed by atoms with Crippen LogP contribution in [0.1, 0.15) is 329 Å². The second-order valence-corrected chi connectivity index (χ2v) is 22.0. The van der Waals surface area contributed by atoms with E-state index >= 15 is 0 Å². The zero-order chi connectivity index (χ0) is 55.7. The Morgan fingerprint density at radius 2 is 0.506 bits per heavy atom. The summed E-state index contributed by atoms with van der Waals surface area (Å²) in [6, 6.07) is 0. The molecule has 0 bridgehead atoms. The number of rotatable bonds is 60. The molecule has 0 N–H and O–H groups in total. The average molecular weight is 1070 g/mol. The Labute approximate surface area is 477 Å². The van der Waals surface area contributed by atoms with E-state index in [1.807, 2.05) is 0 Å². The standard InChI is InChI=1S/C71H124O6/c1-4-7-10-13-16-19-22-25-28-30-31-32-33-34-35-36-37-38-39-41-43-46-49-52-55-58-61-64-70(73)76-67-68(66-75-69(72)63-60-57-54-51-48-45-42-27-24-21-18-15-12-9-6-3)77-71(74)65-62-59-56-53-50-47-44-40-29-26-23-20-17-14-11-8-5-2/h7,10,16,19,25,27-28,31-32,34-35,37-38,42,68H,4-6,8-9,11-15,17-18,20-24,26,29-30,33,36,39-41,43-67H2,1-3H3/b10-7-,19-16-,28-25-,32-31-,35-34-,38-37-,42-27-. The van der Waals surface area contributed by atoms with Gasteiger partial charge >= 0.3 is 17.9 Å². The van der Waals surface area contributed by atoms with Crippen LogP contribution < -0.4 is 0 Å². The summed E-state index contributed by atoms with van der Waals surface area (Å²) in [6.07, 6.45) is 85.9. The molecule has 0 saturated heterocycles. The molecule has 0 aromatic rings. The molecule has 444 valence electrons. The Bertz CT molecular complexity index is 1470. The van der Waals surface area contributed by atoms with E-state index in [4.69, 9.17) is 14.2 Å². The van der Waals surface area contributed by atoms with Gasteiger partial charge in [-0.25, -0.2) is 0 Å². The van der Waals surface area contributed by atoms with Gasteiger partial charge in [0.1, 0.15) is 13.2 Å². The highest BCUT2D eigenvalue weighted by atomic mass is 16.6. The Kier molecular flexibility index (Phi) is 62.2. The van der Waals surface area contributed by atoms with Crippen molar-refractivity contribution in [3.8, 4) is 0 Å². The summed E-state index contributed by atoms with van der Waals surface area (Å²) in [5.74, 6) is -0.879. The fourth-order valence-electron chi connectivity index (χ4n) is 9.44. The van der Waals surface area contributed by atoms with Crippen molar-refractivity contribution in [2.24, 2.45) is 0 Å². The number of hydrogen-bond acceptors (Lipinski definition) is 6. The van der Waals surface area contributed by atoms with Gasteiger partial charge in [0.25, 0.3) is 0 Å². The van der Waals surface area contributed by atoms with Gasteiger partial charge in [-0.15, -0.1) is 0 Å². The highest BCUT2D eigenvalue weighted by molar-refractivity contribution is 5.71. The lowest BCUT2D eigenvalue weighted by molar-refractivity contribution is -0.167. The molecule has 77 heavy (non-hydrogen) atoms. The number of carbonyl (C=O) groups is 3. The molecule has 6 nitrogen and oxygen atoms in total. The molecule has 6 heteroatoms. The highest BCUT2D eigenvalue weighted by Crippen LogP contribution is 2.17. The zero-order valence-corrected chi connectivity index (χ0v) is 51.0. The maximum Gasteiger partial charge on any atom is 0.306 e. The van der Waals surface area contributed by atoms with Crippen molar-refractivity contribution in [3.63, 3.8) is 0 Å². The molecular weight excluding hydrogens is 949 g/mol. The van der Waals surface area contributed by atoms with Crippen molar-refractivity contribution in [1.29, 1.82) is 0 Å². The Balaban J connectivity index is 4.33. The monoisotopic (exact) mass is 1070 g/mol. The SMILES string of the molecule is CC/C=C\C/C=C\C/C=C\C/C=C\C/C=C\C/C=C\CCCCCCCCCCC(=O)OCC(COC(=O)CCCCCCC/C=C\CCCCCCCC)OC(=O)CCCCCCCCCCCCCCCCCCC. The first kappa shape index (κ1) is 73.6. The molecule has 0 aliphatic rings. The molecule has 0 saturated carbocycles. The van der Waals surface area contributed by atoms with Crippen LogP contribution in [-0.4, -0.2) is 37.2 Å². The average Bonchev–Trinajstić information content (AvgIpc) is 3.43. The first-order chi connectivity index (χ1) is 38.0. The topological polar surface area (TPSA) is 78.9 Å². The number of ether oxygens (including phenoxy) is 3. The minimum absolute atomic E-state index is 0.0800. The largest absolute Gasteiger partial charge is 0.462 e. The number of hydrogen-bond donors (Lipinski definition) is 0. The summed E-state index contributed by atoms with van der Waals surface area (Å²) in [7, 11) is 0. The van der Waals surface area contributed by atoms with Crippen LogP contribution in [0.15, 0.2) is 85.1 Å². The van der Waals surface area contributed by atoms with Crippen molar-refractivity contribution < 1.29 is 28.6 Å². The van der Waals surface area contributed by atoms with Gasteiger partial charge in [-0.3, -0.25) is 14.4 Å². The van der Waals surface area contributed by atoms with Gasteiger partial charge in [-0.2, -0.15) is 0 Å². The van der Waals surface area contributed by atoms with Gasteiger partial charge in [0.05, 0.1) is 0 Å². The molecule has 0 radical (unpaired) electrons. The molecule has 0 fully saturated rings. The lowest BCUT2D eigenvalue weighted by Crippen LogP contribution is -2.30. The maximum absolute atomic E-state index is 12.9. The van der Waals surface area contributed by atoms with Crippen molar-refractivity contribution in [1.82, 2.24) is 0 Å². The summed E-state index contributed by atoms with van der Waals surface area (Å²) < 4.78 is 16.9. The van der Waals surface area contributed by atoms with E-state index in [-0.39, 0.29) is 31.1 Å². The maximum atomic E-state index is 12.9. The number of unbranched alkanes of at least 4 members (excludes halogenated alkanes) is 35. The Morgan fingerprint density at radius 3 is 0.805 bits per heavy atom. The lowest BCUT2D eigenvalue weighted by atomic mass is 10.0. The minimum atomic E-state index is -0.783. The van der Waals surface area contributed by atoms with E-state index in [0.29, 0.717) is 19.3 Å². The molecule has 0 aliphatic heterocycles. The van der Waals surface area contributed by atoms with E-state index in [0.717, 1.165) is 109 Å². The summed E-state index contributed by atoms with van der Waals surface area (Å²) in [6.45, 7) is 6.55. The predicted octanol–water partition coefficient (Wildman–Crippen LogP) is 22.7. The summed E-state index contributed by atoms with van der Waals surface area (Å²) in [5.41, 5.74) is 0. The third kappa shape index (κ3) is 63.3. The van der Waals surface area contributed by atoms with Crippen LogP contribution in [0.3, 0.4) is 0 Å². The summed E-state index contributed by atoms with van der Waals surface area (Å²) in [5, 5.41) is 0. The van der Waals surface area contributed by atoms with Crippen molar-refractivity contribution in [2.75, 3.05) is 13.2 Å². The second-order valence-electron chi connectivity index (χ2n) is 22.0. The molecule has 0 aliphatic carbocycles. The molecule has 1 atom stereocenters. The van der Waals surface area contributed by atoms with E-state index in [1.54, 1.807) is 0 Å². The van der Waals surface area contributed by atoms with Crippen LogP contribution in [0.25, 0.3) is 0 Å². The molecule has 0 aromatic heterocycles. The van der Waals surface area contributed by atoms with Crippen LogP contribution >= 0.6 is 0 Å². The van der Waals surface area contributed by atoms with E-state index in [2.05, 4.69) is 106 Å². The molecule has 0 aromatic carbocycles. The lowest BCUT2D eigenvalue weighted by Gasteiger charge is -2.18. The third-order valence-electron chi connectivity index (χ3n) is 14.4. The third-order valence-corrected chi connectivity index (χ3v) is 14.4. The fourth-order valence-corrected chi connectivity index (χ4v) is 9.44. The van der Waals surface area contributed by atoms with E-state index in [9.17, 15) is 14.4 Å². The van der Waals surface area contributed by atoms with Crippen LogP contribution in [0, 0.1) is 0 Å². The smallest absolute Gasteiger partial charge is 0.306 e. The van der Waals surface area contributed by atoms with Gasteiger partial charge in [-0.05, 0) is 96.3 Å². The zero-order valence-electron chi connectivity index (χ0n) is 51.0. The Hall–Kier alpha value is -3.41. The quantitative estimate of drug-likeness (QED) is 0.0261. The molecule has 0 spiro atoms. The second kappa shape index (κ2) is 65.1. The molecular formula is C71H124O6. The Morgan fingerprint density at radius 1 is 0.273 bits per heavy atom. The van der Waals surface area contributed by atoms with E-state index < -0.39 is 6.10 Å². The molecule has 0 heterocycles. The molecule has 1 unspecified atom stereocenters. The van der Waals surface area contributed by atoms with Gasteiger partial charge in [0, 0.05) is 19.3 Å². The minimum Gasteiger partial charge on any atom is -0.462 e. The number of carbonyl (C=O) groups excluding carboxylic acids is 3. The van der Waals surface area contributed by atoms with Gasteiger partial charge in [-0.1, -0.05) is 298 Å². The van der Waals surface area contributed by atoms with Crippen LogP contribution in [-0.2, 0) is 28.6 Å². The number of esters is 3. The summed E-state index contributed by atoms with van der Waals surface area (Å²) >= 11 is 0. The van der Waals surface area contributed by atoms with Crippen LogP contribution in [0.4, 0.5) is 0 Å². The van der Waals surface area contributed by atoms with Crippen molar-refractivity contribution in [2.45, 2.75) is 335 Å². The van der Waals surface area contributed by atoms with Gasteiger partial charge < -0.3 is 14.2 Å². The van der Waals surface area contributed by atoms with Crippen molar-refractivity contribution >= 4 is 17.9 Å².